The molecule has 2 aromatic carbocycles. The number of halogens is 3. The van der Waals surface area contributed by atoms with Crippen molar-refractivity contribution < 1.29 is 22.7 Å². The van der Waals surface area contributed by atoms with Crippen molar-refractivity contribution in [3.63, 3.8) is 0 Å². The number of esters is 1. The number of alkyl halides is 3. The molecular weight excluding hydrogens is 307 g/mol. The van der Waals surface area contributed by atoms with Crippen molar-refractivity contribution in [3.05, 3.63) is 66.2 Å². The Morgan fingerprint density at radius 3 is 1.83 bits per heavy atom. The number of ether oxygens (including phenoxy) is 1. The van der Waals surface area contributed by atoms with Gasteiger partial charge in [-0.15, -0.1) is 0 Å². The highest BCUT2D eigenvalue weighted by Gasteiger charge is 2.40. The van der Waals surface area contributed by atoms with Crippen LogP contribution in [0.3, 0.4) is 0 Å². The van der Waals surface area contributed by atoms with E-state index in [4.69, 9.17) is 0 Å². The first-order valence-electron chi connectivity index (χ1n) is 6.81. The Hall–Kier alpha value is -2.50. The minimum Gasteiger partial charge on any atom is -0.454 e. The highest BCUT2D eigenvalue weighted by molar-refractivity contribution is 5.75. The third kappa shape index (κ3) is 7.35. The highest BCUT2D eigenvalue weighted by atomic mass is 19.4. The molecule has 0 saturated carbocycles. The van der Waals surface area contributed by atoms with Gasteiger partial charge in [-0.25, -0.2) is 4.79 Å². The van der Waals surface area contributed by atoms with Crippen molar-refractivity contribution in [2.45, 2.75) is 12.8 Å². The van der Waals surface area contributed by atoms with Crippen LogP contribution < -0.4 is 4.90 Å². The van der Waals surface area contributed by atoms with Crippen LogP contribution in [0.4, 0.5) is 18.9 Å². The van der Waals surface area contributed by atoms with E-state index in [-0.39, 0.29) is 6.61 Å². The van der Waals surface area contributed by atoms with Crippen LogP contribution >= 0.6 is 0 Å². The second kappa shape index (κ2) is 8.82. The summed E-state index contributed by atoms with van der Waals surface area (Å²) in [6.45, 7) is -0.362. The molecule has 23 heavy (non-hydrogen) atoms. The molecule has 0 atom stereocenters. The fourth-order valence-corrected chi connectivity index (χ4v) is 1.53. The quantitative estimate of drug-likeness (QED) is 0.798. The monoisotopic (exact) mass is 325 g/mol. The highest BCUT2D eigenvalue weighted by Crippen LogP contribution is 2.17. The molecule has 6 heteroatoms. The van der Waals surface area contributed by atoms with E-state index in [1.807, 2.05) is 32.3 Å². The summed E-state index contributed by atoms with van der Waals surface area (Å²) < 4.78 is 39.1. The van der Waals surface area contributed by atoms with E-state index < -0.39 is 12.1 Å². The summed E-state index contributed by atoms with van der Waals surface area (Å²) in [6.07, 6.45) is -4.92. The number of carbonyl (C=O) groups is 1. The maximum Gasteiger partial charge on any atom is 0.490 e. The smallest absolute Gasteiger partial charge is 0.454 e. The molecule has 0 spiro atoms. The summed E-state index contributed by atoms with van der Waals surface area (Å²) in [7, 11) is 4.07. The first kappa shape index (κ1) is 18.5. The summed E-state index contributed by atoms with van der Waals surface area (Å²) >= 11 is 0. The Morgan fingerprint density at radius 1 is 0.957 bits per heavy atom. The van der Waals surface area contributed by atoms with E-state index in [9.17, 15) is 18.0 Å². The Bertz CT molecular complexity index is 584. The molecule has 124 valence electrons. The van der Waals surface area contributed by atoms with Gasteiger partial charge in [-0.2, -0.15) is 13.2 Å². The lowest BCUT2D eigenvalue weighted by atomic mass is 10.2. The fourth-order valence-electron chi connectivity index (χ4n) is 1.53. The zero-order valence-electron chi connectivity index (χ0n) is 12.9. The van der Waals surface area contributed by atoms with Gasteiger partial charge in [0, 0.05) is 19.8 Å². The normalized spacial score (nSPS) is 10.3. The largest absolute Gasteiger partial charge is 0.490 e. The third-order valence-electron chi connectivity index (χ3n) is 2.72. The van der Waals surface area contributed by atoms with Gasteiger partial charge in [0.05, 0.1) is 0 Å². The van der Waals surface area contributed by atoms with Gasteiger partial charge in [-0.05, 0) is 17.7 Å². The Balaban J connectivity index is 0.000000253. The molecule has 3 nitrogen and oxygen atoms in total. The zero-order valence-corrected chi connectivity index (χ0v) is 12.9. The lowest BCUT2D eigenvalue weighted by Gasteiger charge is -2.10. The van der Waals surface area contributed by atoms with Gasteiger partial charge in [-0.3, -0.25) is 0 Å². The first-order valence-corrected chi connectivity index (χ1v) is 6.81. The zero-order chi connectivity index (χ0) is 17.3. The predicted molar refractivity (Wildman–Crippen MR) is 83.1 cm³/mol. The van der Waals surface area contributed by atoms with Gasteiger partial charge < -0.3 is 9.64 Å². The van der Waals surface area contributed by atoms with E-state index >= 15 is 0 Å². The van der Waals surface area contributed by atoms with E-state index in [1.165, 1.54) is 5.69 Å². The second-order valence-corrected chi connectivity index (χ2v) is 4.79. The third-order valence-corrected chi connectivity index (χ3v) is 2.72. The molecule has 0 unspecified atom stereocenters. The maximum absolute atomic E-state index is 11.7. The maximum atomic E-state index is 11.7. The molecule has 0 aromatic heterocycles. The Morgan fingerprint density at radius 2 is 1.43 bits per heavy atom. The predicted octanol–water partition coefficient (Wildman–Crippen LogP) is 4.04. The number of carbonyl (C=O) groups excluding carboxylic acids is 1. The van der Waals surface area contributed by atoms with E-state index in [2.05, 4.69) is 21.8 Å². The summed E-state index contributed by atoms with van der Waals surface area (Å²) in [5.41, 5.74) is 1.77. The molecule has 0 radical (unpaired) electrons. The van der Waals surface area contributed by atoms with Crippen LogP contribution in [0.2, 0.25) is 0 Å². The van der Waals surface area contributed by atoms with Gasteiger partial charge in [-0.1, -0.05) is 48.5 Å². The lowest BCUT2D eigenvalue weighted by molar-refractivity contribution is -0.201. The number of anilines is 1. The van der Waals surface area contributed by atoms with Crippen LogP contribution in [0.25, 0.3) is 0 Å². The number of hydrogen-bond acceptors (Lipinski definition) is 3. The number of benzene rings is 2. The molecular formula is C17H18F3NO2. The van der Waals surface area contributed by atoms with Crippen LogP contribution in [0, 0.1) is 0 Å². The van der Waals surface area contributed by atoms with Crippen molar-refractivity contribution in [2.75, 3.05) is 19.0 Å². The van der Waals surface area contributed by atoms with Gasteiger partial charge in [0.1, 0.15) is 6.61 Å². The average Bonchev–Trinajstić information content (AvgIpc) is 2.54. The van der Waals surface area contributed by atoms with Crippen LogP contribution in [0.5, 0.6) is 0 Å². The Labute approximate surface area is 133 Å². The van der Waals surface area contributed by atoms with Gasteiger partial charge in [0.25, 0.3) is 0 Å². The molecule has 0 heterocycles. The van der Waals surface area contributed by atoms with E-state index in [0.717, 1.165) is 0 Å². The molecule has 0 N–H and O–H groups in total. The van der Waals surface area contributed by atoms with Crippen molar-refractivity contribution in [2.24, 2.45) is 0 Å². The molecule has 0 aliphatic heterocycles. The molecule has 0 saturated heterocycles. The van der Waals surface area contributed by atoms with Crippen LogP contribution in [0.1, 0.15) is 5.56 Å². The van der Waals surface area contributed by atoms with Crippen LogP contribution in [0.15, 0.2) is 60.7 Å². The minimum absolute atomic E-state index is 0.362. The number of hydrogen-bond donors (Lipinski definition) is 0. The standard InChI is InChI=1S/C9H7F3O2.C8H11N/c10-9(11,12)8(13)14-6-7-4-2-1-3-5-7;1-9(2)8-6-4-3-5-7-8/h1-5H,6H2;3-7H,1-2H3. The topological polar surface area (TPSA) is 29.5 Å². The van der Waals surface area contributed by atoms with E-state index in [1.54, 1.807) is 30.3 Å². The van der Waals surface area contributed by atoms with Gasteiger partial charge >= 0.3 is 12.1 Å². The summed E-state index contributed by atoms with van der Waals surface area (Å²) in [4.78, 5) is 12.4. The first-order chi connectivity index (χ1) is 10.8. The molecule has 0 aliphatic carbocycles. The summed E-state index contributed by atoms with van der Waals surface area (Å²) in [6, 6.07) is 18.4. The van der Waals surface area contributed by atoms with Crippen molar-refractivity contribution in [3.8, 4) is 0 Å². The molecule has 2 aromatic rings. The SMILES string of the molecule is CN(C)c1ccccc1.O=C(OCc1ccccc1)C(F)(F)F. The van der Waals surface area contributed by atoms with Crippen molar-refractivity contribution >= 4 is 11.7 Å². The van der Waals surface area contributed by atoms with Crippen LogP contribution in [-0.2, 0) is 16.1 Å². The molecule has 0 amide bonds. The number of para-hydroxylation sites is 1. The minimum atomic E-state index is -4.92. The summed E-state index contributed by atoms with van der Waals surface area (Å²) in [5.74, 6) is -2.17. The van der Waals surface area contributed by atoms with Crippen molar-refractivity contribution in [1.82, 2.24) is 0 Å². The van der Waals surface area contributed by atoms with Crippen LogP contribution in [-0.4, -0.2) is 26.2 Å². The van der Waals surface area contributed by atoms with Gasteiger partial charge in [0.15, 0.2) is 0 Å². The number of rotatable bonds is 3. The molecule has 2 rings (SSSR count). The average molecular weight is 325 g/mol. The van der Waals surface area contributed by atoms with Crippen molar-refractivity contribution in [1.29, 1.82) is 0 Å². The number of nitrogens with zero attached hydrogens (tertiary/aromatic N) is 1. The van der Waals surface area contributed by atoms with Gasteiger partial charge in [0.2, 0.25) is 0 Å². The Kier molecular flexibility index (Phi) is 7.12. The molecule has 0 bridgehead atoms. The summed E-state index contributed by atoms with van der Waals surface area (Å²) in [5, 5.41) is 0. The van der Waals surface area contributed by atoms with E-state index in [0.29, 0.717) is 5.56 Å². The fraction of sp³-hybridized carbons (Fsp3) is 0.235. The lowest BCUT2D eigenvalue weighted by Crippen LogP contribution is -2.25. The molecule has 0 aliphatic rings. The second-order valence-electron chi connectivity index (χ2n) is 4.79. The molecule has 0 fully saturated rings.